The van der Waals surface area contributed by atoms with Crippen LogP contribution in [0.25, 0.3) is 0 Å². The van der Waals surface area contributed by atoms with Crippen molar-refractivity contribution in [1.82, 2.24) is 0 Å². The minimum atomic E-state index is -1.29. The fourth-order valence-electron chi connectivity index (χ4n) is 0.272. The Morgan fingerprint density at radius 2 is 2.43 bits per heavy atom. The van der Waals surface area contributed by atoms with Gasteiger partial charge < -0.3 is 0 Å². The monoisotopic (exact) mass is 126 g/mol. The van der Waals surface area contributed by atoms with Gasteiger partial charge in [-0.25, -0.2) is 8.68 Å². The molecule has 0 aliphatic carbocycles. The Labute approximate surface area is 47.6 Å². The van der Waals surface area contributed by atoms with Gasteiger partial charge in [0.05, 0.1) is 11.9 Å². The summed E-state index contributed by atoms with van der Waals surface area (Å²) in [5.74, 6) is 0. The lowest BCUT2D eigenvalue weighted by molar-refractivity contribution is 0.0695. The van der Waals surface area contributed by atoms with Crippen molar-refractivity contribution in [3.05, 3.63) is 0 Å². The standard InChI is InChI=1S/C4H8ClFO/c1-2-3-4(6)7-5/h4H,2-3H2,1H3. The Balaban J connectivity index is 2.83. The van der Waals surface area contributed by atoms with Gasteiger partial charge in [-0.15, -0.1) is 0 Å². The van der Waals surface area contributed by atoms with Gasteiger partial charge in [-0.05, 0) is 0 Å². The molecular formula is C4H8ClFO. The molecule has 0 saturated heterocycles. The molecule has 1 nitrogen and oxygen atoms in total. The first-order valence-corrected chi connectivity index (χ1v) is 2.53. The van der Waals surface area contributed by atoms with Crippen molar-refractivity contribution in [2.24, 2.45) is 0 Å². The Hall–Kier alpha value is 0.180. The van der Waals surface area contributed by atoms with Crippen LogP contribution in [0.15, 0.2) is 0 Å². The van der Waals surface area contributed by atoms with E-state index < -0.39 is 6.36 Å². The molecule has 44 valence electrons. The van der Waals surface area contributed by atoms with Crippen molar-refractivity contribution in [3.8, 4) is 0 Å². The maximum Gasteiger partial charge on any atom is 0.217 e. The molecule has 0 rings (SSSR count). The summed E-state index contributed by atoms with van der Waals surface area (Å²) in [6.07, 6.45) is -0.149. The fourth-order valence-corrected chi connectivity index (χ4v) is 0.361. The number of alkyl halides is 1. The molecule has 0 heterocycles. The highest BCUT2D eigenvalue weighted by Crippen LogP contribution is 2.03. The van der Waals surface area contributed by atoms with Gasteiger partial charge >= 0.3 is 0 Å². The van der Waals surface area contributed by atoms with Gasteiger partial charge in [-0.3, -0.25) is 0 Å². The third kappa shape index (κ3) is 4.02. The van der Waals surface area contributed by atoms with Crippen molar-refractivity contribution in [2.75, 3.05) is 0 Å². The quantitative estimate of drug-likeness (QED) is 0.564. The Kier molecular flexibility index (Phi) is 4.45. The number of halogens is 2. The van der Waals surface area contributed by atoms with Crippen molar-refractivity contribution < 1.29 is 8.68 Å². The van der Waals surface area contributed by atoms with E-state index in [-0.39, 0.29) is 0 Å². The Bertz CT molecular complexity index is 42.7. The van der Waals surface area contributed by atoms with Crippen molar-refractivity contribution >= 4 is 11.9 Å². The molecule has 0 N–H and O–H groups in total. The van der Waals surface area contributed by atoms with Crippen LogP contribution in [0.5, 0.6) is 0 Å². The van der Waals surface area contributed by atoms with Gasteiger partial charge in [0, 0.05) is 6.42 Å². The van der Waals surface area contributed by atoms with E-state index in [1.54, 1.807) is 0 Å². The van der Waals surface area contributed by atoms with Crippen LogP contribution in [0.1, 0.15) is 19.8 Å². The minimum Gasteiger partial charge on any atom is -0.242 e. The van der Waals surface area contributed by atoms with E-state index in [2.05, 4.69) is 16.2 Å². The summed E-state index contributed by atoms with van der Waals surface area (Å²) in [6, 6.07) is 0. The summed E-state index contributed by atoms with van der Waals surface area (Å²) in [5, 5.41) is 0. The fraction of sp³-hybridized carbons (Fsp3) is 1.00. The smallest absolute Gasteiger partial charge is 0.217 e. The highest BCUT2D eigenvalue weighted by molar-refractivity contribution is 6.07. The molecule has 1 unspecified atom stereocenters. The summed E-state index contributed by atoms with van der Waals surface area (Å²) in [4.78, 5) is 0. The minimum absolute atomic E-state index is 0.378. The van der Waals surface area contributed by atoms with Crippen molar-refractivity contribution in [2.45, 2.75) is 26.1 Å². The van der Waals surface area contributed by atoms with Crippen LogP contribution in [0.4, 0.5) is 4.39 Å². The van der Waals surface area contributed by atoms with E-state index in [0.29, 0.717) is 6.42 Å². The van der Waals surface area contributed by atoms with Gasteiger partial charge in [0.15, 0.2) is 0 Å². The first-order valence-electron chi connectivity index (χ1n) is 2.22. The maximum atomic E-state index is 11.8. The van der Waals surface area contributed by atoms with E-state index in [4.69, 9.17) is 0 Å². The van der Waals surface area contributed by atoms with E-state index in [1.165, 1.54) is 0 Å². The van der Waals surface area contributed by atoms with Crippen LogP contribution in [-0.4, -0.2) is 6.36 Å². The van der Waals surface area contributed by atoms with Crippen LogP contribution in [-0.2, 0) is 4.29 Å². The van der Waals surface area contributed by atoms with Gasteiger partial charge in [-0.2, -0.15) is 0 Å². The zero-order chi connectivity index (χ0) is 5.70. The molecule has 7 heavy (non-hydrogen) atoms. The number of hydrogen-bond acceptors (Lipinski definition) is 1. The van der Waals surface area contributed by atoms with Crippen LogP contribution in [0.2, 0.25) is 0 Å². The van der Waals surface area contributed by atoms with E-state index >= 15 is 0 Å². The highest BCUT2D eigenvalue weighted by atomic mass is 35.5. The average Bonchev–Trinajstić information content (AvgIpc) is 1.68. The second kappa shape index (κ2) is 4.34. The van der Waals surface area contributed by atoms with Crippen LogP contribution in [0, 0.1) is 0 Å². The van der Waals surface area contributed by atoms with Gasteiger partial charge in [-0.1, -0.05) is 13.3 Å². The second-order valence-electron chi connectivity index (χ2n) is 1.29. The molecule has 0 saturated carbocycles. The van der Waals surface area contributed by atoms with E-state index in [1.807, 2.05) is 6.92 Å². The lowest BCUT2D eigenvalue weighted by Gasteiger charge is -1.96. The summed E-state index contributed by atoms with van der Waals surface area (Å²) in [7, 11) is 0. The molecule has 0 amide bonds. The lowest BCUT2D eigenvalue weighted by atomic mass is 10.3. The molecule has 0 aromatic rings. The van der Waals surface area contributed by atoms with Crippen LogP contribution >= 0.6 is 11.9 Å². The first kappa shape index (κ1) is 7.18. The molecule has 0 fully saturated rings. The van der Waals surface area contributed by atoms with E-state index in [0.717, 1.165) is 6.42 Å². The van der Waals surface area contributed by atoms with Crippen LogP contribution in [0.3, 0.4) is 0 Å². The largest absolute Gasteiger partial charge is 0.242 e. The first-order chi connectivity index (χ1) is 3.31. The van der Waals surface area contributed by atoms with Gasteiger partial charge in [0.1, 0.15) is 0 Å². The molecule has 0 aliphatic heterocycles. The predicted octanol–water partition coefficient (Wildman–Crippen LogP) is 2.25. The molecule has 0 bridgehead atoms. The molecule has 0 aliphatic rings. The molecular weight excluding hydrogens is 118 g/mol. The van der Waals surface area contributed by atoms with Crippen molar-refractivity contribution in [3.63, 3.8) is 0 Å². The topological polar surface area (TPSA) is 9.23 Å². The third-order valence-corrected chi connectivity index (χ3v) is 0.806. The zero-order valence-electron chi connectivity index (χ0n) is 4.16. The lowest BCUT2D eigenvalue weighted by Crippen LogP contribution is -1.96. The number of rotatable bonds is 3. The molecule has 0 radical (unpaired) electrons. The highest BCUT2D eigenvalue weighted by Gasteiger charge is 2.00. The van der Waals surface area contributed by atoms with E-state index in [9.17, 15) is 4.39 Å². The average molecular weight is 127 g/mol. The van der Waals surface area contributed by atoms with Gasteiger partial charge in [0.25, 0.3) is 0 Å². The zero-order valence-corrected chi connectivity index (χ0v) is 4.91. The molecule has 1 atom stereocenters. The molecule has 3 heteroatoms. The number of hydrogen-bond donors (Lipinski definition) is 0. The SMILES string of the molecule is CCCC(F)OCl. The summed E-state index contributed by atoms with van der Waals surface area (Å²) in [6.45, 7) is 1.86. The Morgan fingerprint density at radius 1 is 1.86 bits per heavy atom. The predicted molar refractivity (Wildman–Crippen MR) is 26.7 cm³/mol. The second-order valence-corrected chi connectivity index (χ2v) is 1.47. The molecule has 0 aromatic heterocycles. The summed E-state index contributed by atoms with van der Waals surface area (Å²) in [5.41, 5.74) is 0. The normalized spacial score (nSPS) is 14.1. The summed E-state index contributed by atoms with van der Waals surface area (Å²) < 4.78 is 15.6. The van der Waals surface area contributed by atoms with Crippen molar-refractivity contribution in [1.29, 1.82) is 0 Å². The molecule has 0 aromatic carbocycles. The maximum absolute atomic E-state index is 11.8. The summed E-state index contributed by atoms with van der Waals surface area (Å²) >= 11 is 4.66. The Morgan fingerprint density at radius 3 is 2.57 bits per heavy atom. The molecule has 0 spiro atoms. The van der Waals surface area contributed by atoms with Crippen LogP contribution < -0.4 is 0 Å². The third-order valence-electron chi connectivity index (χ3n) is 0.612. The van der Waals surface area contributed by atoms with Gasteiger partial charge in [0.2, 0.25) is 6.36 Å².